The molecule has 1 aliphatic heterocycles. The number of hydrogen-bond donors (Lipinski definition) is 0. The Morgan fingerprint density at radius 1 is 1.14 bits per heavy atom. The molecule has 0 saturated heterocycles. The first-order valence-electron chi connectivity index (χ1n) is 7.07. The predicted octanol–water partition coefficient (Wildman–Crippen LogP) is 3.70. The Hall–Kier alpha value is -2.61. The number of aldehydes is 1. The standard InChI is InChI=1S/C19H14O2/c20-11-5-9-16-14-7-2-3-8-15(14)17-12-13-6-1-4-10-18(13)21-19(16)17/h1-12,17-18H/b9-5+. The summed E-state index contributed by atoms with van der Waals surface area (Å²) in [5.74, 6) is 1.10. The van der Waals surface area contributed by atoms with E-state index in [4.69, 9.17) is 4.74 Å². The molecular formula is C19H14O2. The van der Waals surface area contributed by atoms with Gasteiger partial charge in [-0.3, -0.25) is 4.79 Å². The lowest BCUT2D eigenvalue weighted by molar-refractivity contribution is -0.104. The molecule has 0 amide bonds. The van der Waals surface area contributed by atoms with Crippen LogP contribution in [0.5, 0.6) is 0 Å². The molecule has 0 saturated carbocycles. The molecule has 1 heterocycles. The molecule has 0 fully saturated rings. The van der Waals surface area contributed by atoms with E-state index in [0.29, 0.717) is 0 Å². The molecule has 4 rings (SSSR count). The zero-order valence-corrected chi connectivity index (χ0v) is 11.4. The van der Waals surface area contributed by atoms with Crippen molar-refractivity contribution < 1.29 is 9.53 Å². The largest absolute Gasteiger partial charge is 0.484 e. The molecule has 2 aliphatic carbocycles. The van der Waals surface area contributed by atoms with Crippen LogP contribution in [-0.4, -0.2) is 12.4 Å². The van der Waals surface area contributed by atoms with E-state index in [1.807, 2.05) is 30.4 Å². The first-order chi connectivity index (χ1) is 10.4. The second-order valence-corrected chi connectivity index (χ2v) is 5.29. The second-order valence-electron chi connectivity index (χ2n) is 5.29. The van der Waals surface area contributed by atoms with E-state index in [2.05, 4.69) is 30.4 Å². The molecule has 1 aromatic rings. The fourth-order valence-electron chi connectivity index (χ4n) is 3.19. The molecule has 1 aromatic carbocycles. The van der Waals surface area contributed by atoms with Gasteiger partial charge in [0, 0.05) is 5.57 Å². The van der Waals surface area contributed by atoms with Crippen molar-refractivity contribution in [2.45, 2.75) is 12.0 Å². The van der Waals surface area contributed by atoms with Gasteiger partial charge < -0.3 is 4.74 Å². The minimum absolute atomic E-state index is 0.0183. The van der Waals surface area contributed by atoms with Crippen molar-refractivity contribution in [3.8, 4) is 0 Å². The topological polar surface area (TPSA) is 26.3 Å². The van der Waals surface area contributed by atoms with Crippen molar-refractivity contribution in [3.63, 3.8) is 0 Å². The van der Waals surface area contributed by atoms with Gasteiger partial charge in [0.25, 0.3) is 0 Å². The molecule has 3 aliphatic rings. The molecular weight excluding hydrogens is 260 g/mol. The summed E-state index contributed by atoms with van der Waals surface area (Å²) < 4.78 is 6.21. The smallest absolute Gasteiger partial charge is 0.142 e. The summed E-state index contributed by atoms with van der Waals surface area (Å²) >= 11 is 0. The van der Waals surface area contributed by atoms with Crippen LogP contribution in [0, 0.1) is 0 Å². The van der Waals surface area contributed by atoms with Gasteiger partial charge >= 0.3 is 0 Å². The summed E-state index contributed by atoms with van der Waals surface area (Å²) in [7, 11) is 0. The number of fused-ring (bicyclic) bond motifs is 4. The zero-order valence-electron chi connectivity index (χ0n) is 11.4. The number of ether oxygens (including phenoxy) is 1. The van der Waals surface area contributed by atoms with Crippen LogP contribution in [0.15, 0.2) is 78.1 Å². The number of benzene rings is 1. The van der Waals surface area contributed by atoms with Crippen LogP contribution in [-0.2, 0) is 9.53 Å². The maximum Gasteiger partial charge on any atom is 0.142 e. The molecule has 0 radical (unpaired) electrons. The van der Waals surface area contributed by atoms with Crippen molar-refractivity contribution in [3.05, 3.63) is 89.3 Å². The average molecular weight is 274 g/mol. The summed E-state index contributed by atoms with van der Waals surface area (Å²) in [5.41, 5.74) is 4.61. The normalized spacial score (nSPS) is 25.2. The van der Waals surface area contributed by atoms with Gasteiger partial charge in [-0.05, 0) is 34.9 Å². The third-order valence-corrected chi connectivity index (χ3v) is 4.10. The molecule has 2 nitrogen and oxygen atoms in total. The van der Waals surface area contributed by atoms with Gasteiger partial charge in [0.05, 0.1) is 5.92 Å². The summed E-state index contributed by atoms with van der Waals surface area (Å²) in [4.78, 5) is 10.7. The monoisotopic (exact) mass is 274 g/mol. The lowest BCUT2D eigenvalue weighted by Crippen LogP contribution is -2.20. The van der Waals surface area contributed by atoms with E-state index >= 15 is 0 Å². The van der Waals surface area contributed by atoms with Gasteiger partial charge in [0.1, 0.15) is 18.1 Å². The minimum Gasteiger partial charge on any atom is -0.484 e. The summed E-state index contributed by atoms with van der Waals surface area (Å²) in [6.07, 6.45) is 14.6. The Kier molecular flexibility index (Phi) is 2.74. The second kappa shape index (κ2) is 4.74. The third-order valence-electron chi connectivity index (χ3n) is 4.10. The van der Waals surface area contributed by atoms with Crippen LogP contribution in [0.3, 0.4) is 0 Å². The van der Waals surface area contributed by atoms with Crippen molar-refractivity contribution >= 4 is 11.9 Å². The molecule has 0 bridgehead atoms. The van der Waals surface area contributed by atoms with Gasteiger partial charge in [0.15, 0.2) is 0 Å². The average Bonchev–Trinajstić information content (AvgIpc) is 2.84. The first kappa shape index (κ1) is 12.2. The van der Waals surface area contributed by atoms with Gasteiger partial charge in [0.2, 0.25) is 0 Å². The van der Waals surface area contributed by atoms with E-state index in [9.17, 15) is 4.79 Å². The fourth-order valence-corrected chi connectivity index (χ4v) is 3.19. The Bertz CT molecular complexity index is 760. The number of rotatable bonds is 2. The van der Waals surface area contributed by atoms with Crippen LogP contribution < -0.4 is 0 Å². The minimum atomic E-state index is -0.0183. The number of allylic oxidation sites excluding steroid dienone is 6. The van der Waals surface area contributed by atoms with Crippen molar-refractivity contribution in [1.29, 1.82) is 0 Å². The molecule has 2 heteroatoms. The Labute approximate surface area is 123 Å². The van der Waals surface area contributed by atoms with Gasteiger partial charge in [-0.25, -0.2) is 0 Å². The molecule has 2 unspecified atom stereocenters. The molecule has 0 spiro atoms. The van der Waals surface area contributed by atoms with E-state index in [-0.39, 0.29) is 12.0 Å². The van der Waals surface area contributed by atoms with Crippen molar-refractivity contribution in [2.24, 2.45) is 0 Å². The third kappa shape index (κ3) is 1.83. The highest BCUT2D eigenvalue weighted by Crippen LogP contribution is 2.48. The Morgan fingerprint density at radius 3 is 2.95 bits per heavy atom. The molecule has 21 heavy (non-hydrogen) atoms. The fraction of sp³-hybridized carbons (Fsp3) is 0.105. The number of carbonyl (C=O) groups excluding carboxylic acids is 1. The van der Waals surface area contributed by atoms with E-state index in [1.54, 1.807) is 0 Å². The van der Waals surface area contributed by atoms with Crippen LogP contribution >= 0.6 is 0 Å². The van der Waals surface area contributed by atoms with E-state index in [1.165, 1.54) is 17.2 Å². The number of hydrogen-bond acceptors (Lipinski definition) is 2. The lowest BCUT2D eigenvalue weighted by atomic mass is 9.91. The van der Waals surface area contributed by atoms with Crippen LogP contribution in [0.4, 0.5) is 0 Å². The highest BCUT2D eigenvalue weighted by Gasteiger charge is 2.35. The number of carbonyl (C=O) groups is 1. The first-order valence-corrected chi connectivity index (χ1v) is 7.07. The van der Waals surface area contributed by atoms with Gasteiger partial charge in [-0.2, -0.15) is 0 Å². The highest BCUT2D eigenvalue weighted by atomic mass is 16.5. The summed E-state index contributed by atoms with van der Waals surface area (Å²) in [6, 6.07) is 8.28. The van der Waals surface area contributed by atoms with Gasteiger partial charge in [-0.1, -0.05) is 48.6 Å². The van der Waals surface area contributed by atoms with Crippen LogP contribution in [0.1, 0.15) is 17.0 Å². The summed E-state index contributed by atoms with van der Waals surface area (Å²) in [6.45, 7) is 0. The van der Waals surface area contributed by atoms with Crippen LogP contribution in [0.25, 0.3) is 5.57 Å². The molecule has 0 N–H and O–H groups in total. The van der Waals surface area contributed by atoms with Gasteiger partial charge in [-0.15, -0.1) is 0 Å². The van der Waals surface area contributed by atoms with Crippen molar-refractivity contribution in [2.75, 3.05) is 0 Å². The Morgan fingerprint density at radius 2 is 2.05 bits per heavy atom. The molecule has 2 atom stereocenters. The molecule has 0 aromatic heterocycles. The maximum atomic E-state index is 10.7. The van der Waals surface area contributed by atoms with E-state index < -0.39 is 0 Å². The highest BCUT2D eigenvalue weighted by molar-refractivity contribution is 5.87. The SMILES string of the molecule is O=C/C=C/C1=C2OC3C=CC=CC3=CC2c2ccccc21. The zero-order chi connectivity index (χ0) is 14.2. The van der Waals surface area contributed by atoms with Crippen molar-refractivity contribution in [1.82, 2.24) is 0 Å². The quantitative estimate of drug-likeness (QED) is 0.607. The predicted molar refractivity (Wildman–Crippen MR) is 82.5 cm³/mol. The Balaban J connectivity index is 1.90. The maximum absolute atomic E-state index is 10.7. The molecule has 102 valence electrons. The van der Waals surface area contributed by atoms with Crippen LogP contribution in [0.2, 0.25) is 0 Å². The van der Waals surface area contributed by atoms with E-state index in [0.717, 1.165) is 23.2 Å². The summed E-state index contributed by atoms with van der Waals surface area (Å²) in [5, 5.41) is 0. The lowest BCUT2D eigenvalue weighted by Gasteiger charge is -2.29.